The maximum absolute atomic E-state index is 13.7. The number of para-hydroxylation sites is 1. The highest BCUT2D eigenvalue weighted by Gasteiger charge is 2.43. The van der Waals surface area contributed by atoms with Crippen molar-refractivity contribution in [2.24, 2.45) is 11.8 Å². The molecule has 1 saturated carbocycles. The van der Waals surface area contributed by atoms with Crippen LogP contribution in [0.3, 0.4) is 0 Å². The number of halogens is 1. The number of hydrogen-bond acceptors (Lipinski definition) is 3. The average molecular weight is 432 g/mol. The van der Waals surface area contributed by atoms with Gasteiger partial charge in [0, 0.05) is 42.8 Å². The standard InChI is InChI=1S/C24H33N3O2.ClH/c1-16-14-17-6-2-5-9-22(17)27(16)24(29)21-8-4-3-7-20(21)23(28)26-13-12-18-10-11-19(15-26)25-18;/h2,5-6,9,16,18-21,25H,3-4,7-8,10-15H2,1H3;1H. The smallest absolute Gasteiger partial charge is 0.231 e. The number of carbonyl (C=O) groups is 2. The first-order chi connectivity index (χ1) is 14.1. The van der Waals surface area contributed by atoms with Gasteiger partial charge in [0.2, 0.25) is 11.8 Å². The SMILES string of the molecule is CC1Cc2ccccc2N1C(=O)C1CCCCC1C(=O)N1CCC2CCC(C1)N2.Cl. The molecule has 4 aliphatic rings. The summed E-state index contributed by atoms with van der Waals surface area (Å²) in [6, 6.07) is 9.44. The second-order valence-corrected chi connectivity index (χ2v) is 9.60. The van der Waals surface area contributed by atoms with E-state index >= 15 is 0 Å². The van der Waals surface area contributed by atoms with Gasteiger partial charge in [-0.25, -0.2) is 0 Å². The molecule has 5 rings (SSSR count). The number of nitrogens with one attached hydrogen (secondary N) is 1. The molecule has 30 heavy (non-hydrogen) atoms. The Balaban J connectivity index is 0.00000218. The van der Waals surface area contributed by atoms with Crippen LogP contribution in [0.1, 0.15) is 57.4 Å². The van der Waals surface area contributed by atoms with E-state index in [-0.39, 0.29) is 42.1 Å². The molecule has 1 aromatic rings. The molecule has 1 N–H and O–H groups in total. The van der Waals surface area contributed by atoms with Crippen LogP contribution >= 0.6 is 12.4 Å². The van der Waals surface area contributed by atoms with E-state index in [0.717, 1.165) is 57.3 Å². The number of benzene rings is 1. The zero-order valence-corrected chi connectivity index (χ0v) is 18.7. The van der Waals surface area contributed by atoms with Crippen LogP contribution in [0, 0.1) is 11.8 Å². The molecule has 3 fully saturated rings. The number of anilines is 1. The number of carbonyl (C=O) groups excluding carboxylic acids is 2. The van der Waals surface area contributed by atoms with Gasteiger partial charge in [0.1, 0.15) is 0 Å². The Hall–Kier alpha value is -1.59. The second kappa shape index (κ2) is 8.88. The van der Waals surface area contributed by atoms with Crippen molar-refractivity contribution in [2.75, 3.05) is 18.0 Å². The lowest BCUT2D eigenvalue weighted by atomic mass is 9.77. The van der Waals surface area contributed by atoms with Crippen molar-refractivity contribution < 1.29 is 9.59 Å². The molecule has 2 saturated heterocycles. The number of fused-ring (bicyclic) bond motifs is 3. The zero-order chi connectivity index (χ0) is 20.0. The average Bonchev–Trinajstić information content (AvgIpc) is 3.24. The largest absolute Gasteiger partial charge is 0.341 e. The molecular weight excluding hydrogens is 398 g/mol. The Bertz CT molecular complexity index is 800. The van der Waals surface area contributed by atoms with E-state index < -0.39 is 0 Å². The molecule has 5 nitrogen and oxygen atoms in total. The topological polar surface area (TPSA) is 52.7 Å². The van der Waals surface area contributed by atoms with Crippen molar-refractivity contribution in [1.29, 1.82) is 0 Å². The number of hydrogen-bond donors (Lipinski definition) is 1. The lowest BCUT2D eigenvalue weighted by Gasteiger charge is -2.37. The summed E-state index contributed by atoms with van der Waals surface area (Å²) >= 11 is 0. The van der Waals surface area contributed by atoms with Crippen molar-refractivity contribution in [3.63, 3.8) is 0 Å². The summed E-state index contributed by atoms with van der Waals surface area (Å²) in [4.78, 5) is 31.4. The van der Waals surface area contributed by atoms with Crippen LogP contribution in [0.25, 0.3) is 0 Å². The maximum atomic E-state index is 13.7. The fourth-order valence-electron chi connectivity index (χ4n) is 6.18. The van der Waals surface area contributed by atoms with Crippen LogP contribution in [-0.2, 0) is 16.0 Å². The molecule has 2 amide bonds. The first-order valence-electron chi connectivity index (χ1n) is 11.6. The van der Waals surface area contributed by atoms with E-state index in [2.05, 4.69) is 29.3 Å². The van der Waals surface area contributed by atoms with Gasteiger partial charge < -0.3 is 15.1 Å². The van der Waals surface area contributed by atoms with Gasteiger partial charge in [-0.2, -0.15) is 0 Å². The monoisotopic (exact) mass is 431 g/mol. The van der Waals surface area contributed by atoms with Gasteiger partial charge >= 0.3 is 0 Å². The quantitative estimate of drug-likeness (QED) is 0.779. The maximum Gasteiger partial charge on any atom is 0.231 e. The third-order valence-electron chi connectivity index (χ3n) is 7.68. The fraction of sp³-hybridized carbons (Fsp3) is 0.667. The molecule has 3 heterocycles. The molecule has 6 heteroatoms. The van der Waals surface area contributed by atoms with Crippen LogP contribution in [0.2, 0.25) is 0 Å². The van der Waals surface area contributed by atoms with Gasteiger partial charge in [-0.15, -0.1) is 12.4 Å². The Morgan fingerprint density at radius 2 is 1.63 bits per heavy atom. The van der Waals surface area contributed by atoms with E-state index in [1.54, 1.807) is 0 Å². The Morgan fingerprint density at radius 3 is 2.43 bits per heavy atom. The molecule has 5 unspecified atom stereocenters. The molecule has 3 aliphatic heterocycles. The first kappa shape index (κ1) is 21.6. The minimum Gasteiger partial charge on any atom is -0.341 e. The van der Waals surface area contributed by atoms with Gasteiger partial charge in [-0.3, -0.25) is 9.59 Å². The van der Waals surface area contributed by atoms with E-state index in [0.29, 0.717) is 12.1 Å². The lowest BCUT2D eigenvalue weighted by molar-refractivity contribution is -0.143. The zero-order valence-electron chi connectivity index (χ0n) is 17.9. The van der Waals surface area contributed by atoms with E-state index in [1.807, 2.05) is 17.0 Å². The summed E-state index contributed by atoms with van der Waals surface area (Å²) in [5.41, 5.74) is 2.31. The molecule has 2 bridgehead atoms. The highest BCUT2D eigenvalue weighted by Crippen LogP contribution is 2.39. The molecule has 164 valence electrons. The molecule has 1 aliphatic carbocycles. The highest BCUT2D eigenvalue weighted by molar-refractivity contribution is 6.00. The Morgan fingerprint density at radius 1 is 0.933 bits per heavy atom. The van der Waals surface area contributed by atoms with Crippen LogP contribution in [0.5, 0.6) is 0 Å². The fourth-order valence-corrected chi connectivity index (χ4v) is 6.18. The van der Waals surface area contributed by atoms with Crippen LogP contribution < -0.4 is 10.2 Å². The van der Waals surface area contributed by atoms with Crippen molar-refractivity contribution in [1.82, 2.24) is 10.2 Å². The van der Waals surface area contributed by atoms with Gasteiger partial charge in [0.25, 0.3) is 0 Å². The summed E-state index contributed by atoms with van der Waals surface area (Å²) in [5, 5.41) is 3.67. The molecule has 0 radical (unpaired) electrons. The van der Waals surface area contributed by atoms with Gasteiger partial charge in [-0.05, 0) is 57.1 Å². The number of likely N-dealkylation sites (tertiary alicyclic amines) is 1. The molecule has 5 atom stereocenters. The van der Waals surface area contributed by atoms with E-state index in [1.165, 1.54) is 18.4 Å². The predicted molar refractivity (Wildman–Crippen MR) is 121 cm³/mol. The van der Waals surface area contributed by atoms with Gasteiger partial charge in [0.15, 0.2) is 0 Å². The summed E-state index contributed by atoms with van der Waals surface area (Å²) in [7, 11) is 0. The first-order valence-corrected chi connectivity index (χ1v) is 11.6. The van der Waals surface area contributed by atoms with Crippen LogP contribution in [-0.4, -0.2) is 47.9 Å². The minimum absolute atomic E-state index is 0. The number of amides is 2. The lowest BCUT2D eigenvalue weighted by Crippen LogP contribution is -2.49. The second-order valence-electron chi connectivity index (χ2n) is 9.60. The third kappa shape index (κ3) is 3.87. The number of rotatable bonds is 2. The summed E-state index contributed by atoms with van der Waals surface area (Å²) in [6.07, 6.45) is 8.18. The highest BCUT2D eigenvalue weighted by atomic mass is 35.5. The molecule has 0 spiro atoms. The van der Waals surface area contributed by atoms with Gasteiger partial charge in [0.05, 0.1) is 5.92 Å². The summed E-state index contributed by atoms with van der Waals surface area (Å²) in [6.45, 7) is 3.79. The molecule has 0 aromatic heterocycles. The van der Waals surface area contributed by atoms with Crippen molar-refractivity contribution in [3.8, 4) is 0 Å². The van der Waals surface area contributed by atoms with E-state index in [9.17, 15) is 9.59 Å². The Labute approximate surface area is 186 Å². The molecule has 1 aromatic carbocycles. The van der Waals surface area contributed by atoms with E-state index in [4.69, 9.17) is 0 Å². The van der Waals surface area contributed by atoms with Gasteiger partial charge in [-0.1, -0.05) is 31.0 Å². The minimum atomic E-state index is -0.168. The third-order valence-corrected chi connectivity index (χ3v) is 7.68. The van der Waals surface area contributed by atoms with Crippen molar-refractivity contribution in [3.05, 3.63) is 29.8 Å². The van der Waals surface area contributed by atoms with Crippen molar-refractivity contribution in [2.45, 2.75) is 76.4 Å². The Kier molecular flexibility index (Phi) is 6.40. The van der Waals surface area contributed by atoms with Crippen LogP contribution in [0.15, 0.2) is 24.3 Å². The summed E-state index contributed by atoms with van der Waals surface area (Å²) in [5.74, 6) is 0.0959. The number of nitrogens with zero attached hydrogens (tertiary/aromatic N) is 2. The molecular formula is C24H34ClN3O2. The summed E-state index contributed by atoms with van der Waals surface area (Å²) < 4.78 is 0. The van der Waals surface area contributed by atoms with Crippen LogP contribution in [0.4, 0.5) is 5.69 Å². The predicted octanol–water partition coefficient (Wildman–Crippen LogP) is 3.55. The van der Waals surface area contributed by atoms with Crippen molar-refractivity contribution >= 4 is 29.9 Å². The normalized spacial score (nSPS) is 32.9.